The molecule has 1 atom stereocenters. The van der Waals surface area contributed by atoms with Crippen LogP contribution in [0.5, 0.6) is 5.75 Å². The minimum absolute atomic E-state index is 0.0986. The molecule has 0 aromatic heterocycles. The molecule has 2 N–H and O–H groups in total. The third kappa shape index (κ3) is 4.46. The number of carbonyl (C=O) groups excluding carboxylic acids is 3. The quantitative estimate of drug-likeness (QED) is 0.621. The topological polar surface area (TPSA) is 87.7 Å². The van der Waals surface area contributed by atoms with Crippen molar-refractivity contribution < 1.29 is 19.1 Å². The van der Waals surface area contributed by atoms with Gasteiger partial charge in [-0.05, 0) is 36.4 Å². The summed E-state index contributed by atoms with van der Waals surface area (Å²) in [5, 5.41) is 5.65. The fourth-order valence-electron chi connectivity index (χ4n) is 3.70. The zero-order chi connectivity index (χ0) is 22.5. The van der Waals surface area contributed by atoms with Crippen molar-refractivity contribution >= 4 is 34.8 Å². The average Bonchev–Trinajstić information content (AvgIpc) is 3.22. The van der Waals surface area contributed by atoms with Gasteiger partial charge in [0.25, 0.3) is 5.91 Å². The third-order valence-electron chi connectivity index (χ3n) is 5.35. The van der Waals surface area contributed by atoms with E-state index in [4.69, 9.17) is 4.74 Å². The number of rotatable bonds is 6. The van der Waals surface area contributed by atoms with Crippen molar-refractivity contribution in [3.05, 3.63) is 84.4 Å². The maximum absolute atomic E-state index is 12.9. The van der Waals surface area contributed by atoms with Crippen LogP contribution in [0.25, 0.3) is 0 Å². The van der Waals surface area contributed by atoms with Gasteiger partial charge >= 0.3 is 0 Å². The van der Waals surface area contributed by atoms with Crippen molar-refractivity contribution in [1.29, 1.82) is 0 Å². The van der Waals surface area contributed by atoms with Gasteiger partial charge in [0.1, 0.15) is 5.75 Å². The highest BCUT2D eigenvalue weighted by atomic mass is 16.5. The highest BCUT2D eigenvalue weighted by Gasteiger charge is 2.35. The van der Waals surface area contributed by atoms with E-state index < -0.39 is 5.92 Å². The van der Waals surface area contributed by atoms with Gasteiger partial charge in [-0.25, -0.2) is 0 Å². The number of hydrogen-bond donors (Lipinski definition) is 2. The summed E-state index contributed by atoms with van der Waals surface area (Å²) >= 11 is 0. The Kier molecular flexibility index (Phi) is 6.17. The van der Waals surface area contributed by atoms with Gasteiger partial charge < -0.3 is 20.3 Å². The molecule has 1 aliphatic rings. The number of carbonyl (C=O) groups is 3. The summed E-state index contributed by atoms with van der Waals surface area (Å²) in [4.78, 5) is 39.9. The molecule has 0 spiro atoms. The van der Waals surface area contributed by atoms with Crippen LogP contribution in [0.1, 0.15) is 16.8 Å². The van der Waals surface area contributed by atoms with E-state index in [1.54, 1.807) is 47.4 Å². The lowest BCUT2D eigenvalue weighted by molar-refractivity contribution is -0.122. The Morgan fingerprint density at radius 1 is 0.875 bits per heavy atom. The highest BCUT2D eigenvalue weighted by Crippen LogP contribution is 2.28. The molecule has 0 aliphatic carbocycles. The van der Waals surface area contributed by atoms with Crippen molar-refractivity contribution in [2.45, 2.75) is 6.42 Å². The third-order valence-corrected chi connectivity index (χ3v) is 5.35. The van der Waals surface area contributed by atoms with E-state index in [-0.39, 0.29) is 24.1 Å². The molecule has 3 aromatic rings. The Bertz CT molecular complexity index is 1150. The molecule has 32 heavy (non-hydrogen) atoms. The number of ether oxygens (including phenoxy) is 1. The Balaban J connectivity index is 1.48. The molecular weight excluding hydrogens is 406 g/mol. The Hall–Kier alpha value is -4.13. The maximum Gasteiger partial charge on any atom is 0.257 e. The minimum atomic E-state index is -0.506. The minimum Gasteiger partial charge on any atom is -0.495 e. The summed E-state index contributed by atoms with van der Waals surface area (Å²) < 4.78 is 5.28. The fourth-order valence-corrected chi connectivity index (χ4v) is 3.70. The van der Waals surface area contributed by atoms with Crippen LogP contribution in [0.2, 0.25) is 0 Å². The average molecular weight is 429 g/mol. The Morgan fingerprint density at radius 2 is 1.53 bits per heavy atom. The van der Waals surface area contributed by atoms with E-state index in [0.29, 0.717) is 29.2 Å². The van der Waals surface area contributed by atoms with Crippen molar-refractivity contribution in [2.24, 2.45) is 5.92 Å². The van der Waals surface area contributed by atoms with Crippen LogP contribution in [0.4, 0.5) is 17.1 Å². The van der Waals surface area contributed by atoms with Crippen LogP contribution in [-0.4, -0.2) is 31.4 Å². The number of methoxy groups -OCH3 is 1. The lowest BCUT2D eigenvalue weighted by Gasteiger charge is -2.17. The Labute approximate surface area is 186 Å². The monoisotopic (exact) mass is 429 g/mol. The smallest absolute Gasteiger partial charge is 0.257 e. The van der Waals surface area contributed by atoms with Gasteiger partial charge in [-0.15, -0.1) is 0 Å². The van der Waals surface area contributed by atoms with Crippen LogP contribution in [0, 0.1) is 5.92 Å². The van der Waals surface area contributed by atoms with Crippen LogP contribution in [-0.2, 0) is 9.59 Å². The van der Waals surface area contributed by atoms with E-state index >= 15 is 0 Å². The number of hydrogen-bond acceptors (Lipinski definition) is 4. The van der Waals surface area contributed by atoms with Crippen molar-refractivity contribution in [3.8, 4) is 5.75 Å². The van der Waals surface area contributed by atoms with E-state index in [9.17, 15) is 14.4 Å². The summed E-state index contributed by atoms with van der Waals surface area (Å²) in [6.07, 6.45) is 0.121. The van der Waals surface area contributed by atoms with Gasteiger partial charge in [0, 0.05) is 18.7 Å². The largest absolute Gasteiger partial charge is 0.495 e. The molecule has 0 unspecified atom stereocenters. The molecule has 3 aromatic carbocycles. The summed E-state index contributed by atoms with van der Waals surface area (Å²) in [5.41, 5.74) is 2.00. The number of anilines is 3. The molecule has 1 saturated heterocycles. The maximum atomic E-state index is 12.9. The lowest BCUT2D eigenvalue weighted by atomic mass is 10.1. The van der Waals surface area contributed by atoms with Gasteiger partial charge in [-0.3, -0.25) is 14.4 Å². The second-order valence-electron chi connectivity index (χ2n) is 7.43. The van der Waals surface area contributed by atoms with Gasteiger partial charge in [-0.2, -0.15) is 0 Å². The number of para-hydroxylation sites is 4. The van der Waals surface area contributed by atoms with E-state index in [0.717, 1.165) is 5.69 Å². The molecule has 0 saturated carbocycles. The molecule has 4 rings (SSSR count). The first kappa shape index (κ1) is 21.1. The SMILES string of the molecule is COc1ccccc1NC(=O)c1ccccc1NC(=O)[C@@H]1CC(=O)N(c2ccccc2)C1. The molecule has 7 nitrogen and oxygen atoms in total. The summed E-state index contributed by atoms with van der Waals surface area (Å²) in [6.45, 7) is 0.296. The number of nitrogens with zero attached hydrogens (tertiary/aromatic N) is 1. The van der Waals surface area contributed by atoms with Crippen molar-refractivity contribution in [2.75, 3.05) is 29.2 Å². The molecule has 1 heterocycles. The van der Waals surface area contributed by atoms with Gasteiger partial charge in [0.05, 0.1) is 30.0 Å². The van der Waals surface area contributed by atoms with Crippen LogP contribution in [0.3, 0.4) is 0 Å². The fraction of sp³-hybridized carbons (Fsp3) is 0.160. The zero-order valence-electron chi connectivity index (χ0n) is 17.6. The first-order valence-electron chi connectivity index (χ1n) is 10.3. The van der Waals surface area contributed by atoms with Crippen molar-refractivity contribution in [1.82, 2.24) is 0 Å². The summed E-state index contributed by atoms with van der Waals surface area (Å²) in [6, 6.07) is 23.1. The molecule has 1 aliphatic heterocycles. The van der Waals surface area contributed by atoms with Gasteiger partial charge in [-0.1, -0.05) is 42.5 Å². The number of benzene rings is 3. The van der Waals surface area contributed by atoms with Crippen molar-refractivity contribution in [3.63, 3.8) is 0 Å². The van der Waals surface area contributed by atoms with E-state index in [2.05, 4.69) is 10.6 Å². The normalized spacial score (nSPS) is 15.3. The highest BCUT2D eigenvalue weighted by molar-refractivity contribution is 6.11. The van der Waals surface area contributed by atoms with Gasteiger partial charge in [0.2, 0.25) is 11.8 Å². The lowest BCUT2D eigenvalue weighted by Crippen LogP contribution is -2.28. The molecule has 162 valence electrons. The second-order valence-corrected chi connectivity index (χ2v) is 7.43. The summed E-state index contributed by atoms with van der Waals surface area (Å²) in [7, 11) is 1.53. The van der Waals surface area contributed by atoms with E-state index in [1.165, 1.54) is 7.11 Å². The molecule has 3 amide bonds. The number of amides is 3. The predicted molar refractivity (Wildman–Crippen MR) is 123 cm³/mol. The first-order valence-corrected chi connectivity index (χ1v) is 10.3. The molecule has 0 radical (unpaired) electrons. The van der Waals surface area contributed by atoms with Crippen LogP contribution < -0.4 is 20.3 Å². The second kappa shape index (κ2) is 9.34. The molecular formula is C25H23N3O4. The molecule has 0 bridgehead atoms. The summed E-state index contributed by atoms with van der Waals surface area (Å²) in [5.74, 6) is -0.743. The predicted octanol–water partition coefficient (Wildman–Crippen LogP) is 3.94. The van der Waals surface area contributed by atoms with E-state index in [1.807, 2.05) is 36.4 Å². The standard InChI is InChI=1S/C25H23N3O4/c1-32-22-14-8-7-13-21(22)27-25(31)19-11-5-6-12-20(19)26-24(30)17-15-23(29)28(16-17)18-9-3-2-4-10-18/h2-14,17H,15-16H2,1H3,(H,26,30)(H,27,31)/t17-/m1/s1. The van der Waals surface area contributed by atoms with Gasteiger partial charge in [0.15, 0.2) is 0 Å². The van der Waals surface area contributed by atoms with Crippen LogP contribution in [0.15, 0.2) is 78.9 Å². The number of nitrogens with one attached hydrogen (secondary N) is 2. The molecule has 7 heteroatoms. The first-order chi connectivity index (χ1) is 15.6. The molecule has 1 fully saturated rings. The Morgan fingerprint density at radius 3 is 2.28 bits per heavy atom. The zero-order valence-corrected chi connectivity index (χ0v) is 17.6. The van der Waals surface area contributed by atoms with Crippen LogP contribution >= 0.6 is 0 Å².